The van der Waals surface area contributed by atoms with Gasteiger partial charge in [-0.2, -0.15) is 4.31 Å². The molecule has 1 N–H and O–H groups in total. The summed E-state index contributed by atoms with van der Waals surface area (Å²) in [7, 11) is -3.81. The lowest BCUT2D eigenvalue weighted by atomic mass is 10.3. The zero-order valence-corrected chi connectivity index (χ0v) is 12.7. The quantitative estimate of drug-likeness (QED) is 0.901. The van der Waals surface area contributed by atoms with Gasteiger partial charge in [-0.1, -0.05) is 11.6 Å². The Labute approximate surface area is 123 Å². The molecule has 0 saturated carbocycles. The summed E-state index contributed by atoms with van der Waals surface area (Å²) in [5.74, 6) is -0.773. The molecule has 19 heavy (non-hydrogen) atoms. The van der Waals surface area contributed by atoms with Crippen molar-refractivity contribution in [2.45, 2.75) is 17.9 Å². The Bertz CT molecular complexity index is 554. The lowest BCUT2D eigenvalue weighted by molar-refractivity contribution is 0.309. The van der Waals surface area contributed by atoms with Crippen LogP contribution >= 0.6 is 24.0 Å². The molecule has 4 nitrogen and oxygen atoms in total. The molecule has 0 bridgehead atoms. The second-order valence-electron chi connectivity index (χ2n) is 4.29. The first-order chi connectivity index (χ1) is 8.41. The monoisotopic (exact) mass is 328 g/mol. The Morgan fingerprint density at radius 2 is 2.16 bits per heavy atom. The van der Waals surface area contributed by atoms with E-state index in [1.165, 1.54) is 10.4 Å². The van der Waals surface area contributed by atoms with Gasteiger partial charge in [-0.05, 0) is 25.1 Å². The minimum Gasteiger partial charge on any atom is -0.312 e. The molecule has 2 rings (SSSR count). The van der Waals surface area contributed by atoms with Crippen LogP contribution in [0.4, 0.5) is 4.39 Å². The van der Waals surface area contributed by atoms with E-state index in [1.54, 1.807) is 0 Å². The fourth-order valence-corrected chi connectivity index (χ4v) is 3.79. The zero-order chi connectivity index (χ0) is 13.3. The molecule has 0 spiro atoms. The van der Waals surface area contributed by atoms with Gasteiger partial charge in [0.15, 0.2) is 0 Å². The molecule has 0 aliphatic carbocycles. The van der Waals surface area contributed by atoms with E-state index in [2.05, 4.69) is 5.32 Å². The molecule has 1 fully saturated rings. The van der Waals surface area contributed by atoms with Gasteiger partial charge in [-0.15, -0.1) is 12.4 Å². The predicted octanol–water partition coefficient (Wildman–Crippen LogP) is 1.88. The minimum absolute atomic E-state index is 0. The van der Waals surface area contributed by atoms with E-state index < -0.39 is 15.8 Å². The minimum atomic E-state index is -3.81. The molecule has 0 aromatic heterocycles. The zero-order valence-electron chi connectivity index (χ0n) is 10.3. The van der Waals surface area contributed by atoms with Crippen molar-refractivity contribution >= 4 is 34.0 Å². The molecule has 1 aliphatic heterocycles. The summed E-state index contributed by atoms with van der Waals surface area (Å²) in [6.07, 6.45) is 0. The smallest absolute Gasteiger partial charge is 0.246 e. The first-order valence-electron chi connectivity index (χ1n) is 5.60. The number of piperazine rings is 1. The highest BCUT2D eigenvalue weighted by Gasteiger charge is 2.30. The van der Waals surface area contributed by atoms with Crippen molar-refractivity contribution in [3.05, 3.63) is 29.0 Å². The molecular weight excluding hydrogens is 314 g/mol. The maximum Gasteiger partial charge on any atom is 0.246 e. The molecule has 0 radical (unpaired) electrons. The van der Waals surface area contributed by atoms with E-state index in [9.17, 15) is 12.8 Å². The number of halogens is 3. The second kappa shape index (κ2) is 6.37. The maximum absolute atomic E-state index is 13.6. The van der Waals surface area contributed by atoms with Crippen LogP contribution in [0.25, 0.3) is 0 Å². The number of sulfonamides is 1. The molecule has 1 atom stereocenters. The molecule has 0 amide bonds. The molecule has 8 heteroatoms. The van der Waals surface area contributed by atoms with Gasteiger partial charge in [-0.3, -0.25) is 0 Å². The Morgan fingerprint density at radius 3 is 2.79 bits per heavy atom. The van der Waals surface area contributed by atoms with Crippen LogP contribution < -0.4 is 5.32 Å². The molecule has 1 heterocycles. The first kappa shape index (κ1) is 16.7. The fraction of sp³-hybridized carbons (Fsp3) is 0.455. The Hall–Kier alpha value is -0.400. The maximum atomic E-state index is 13.6. The second-order valence-corrected chi connectivity index (χ2v) is 6.64. The van der Waals surface area contributed by atoms with Crippen LogP contribution in [0.2, 0.25) is 5.02 Å². The summed E-state index contributed by atoms with van der Waals surface area (Å²) in [4.78, 5) is -0.357. The highest BCUT2D eigenvalue weighted by Crippen LogP contribution is 2.23. The summed E-state index contributed by atoms with van der Waals surface area (Å²) < 4.78 is 39.5. The third kappa shape index (κ3) is 3.58. The summed E-state index contributed by atoms with van der Waals surface area (Å²) >= 11 is 5.73. The van der Waals surface area contributed by atoms with Crippen molar-refractivity contribution in [2.24, 2.45) is 0 Å². The number of rotatable bonds is 2. The van der Waals surface area contributed by atoms with E-state index in [0.29, 0.717) is 19.6 Å². The number of hydrogen-bond acceptors (Lipinski definition) is 3. The van der Waals surface area contributed by atoms with E-state index in [1.807, 2.05) is 6.92 Å². The van der Waals surface area contributed by atoms with Crippen LogP contribution in [0.1, 0.15) is 6.92 Å². The number of hydrogen-bond donors (Lipinski definition) is 1. The van der Waals surface area contributed by atoms with Gasteiger partial charge in [0, 0.05) is 30.7 Å². The van der Waals surface area contributed by atoms with E-state index in [0.717, 1.165) is 12.1 Å². The Balaban J connectivity index is 0.00000180. The molecule has 1 unspecified atom stereocenters. The van der Waals surface area contributed by atoms with Crippen LogP contribution in [-0.2, 0) is 10.0 Å². The van der Waals surface area contributed by atoms with Gasteiger partial charge in [0.05, 0.1) is 0 Å². The molecule has 108 valence electrons. The summed E-state index contributed by atoms with van der Waals surface area (Å²) in [5, 5.41) is 3.34. The van der Waals surface area contributed by atoms with Crippen molar-refractivity contribution < 1.29 is 12.8 Å². The van der Waals surface area contributed by atoms with E-state index >= 15 is 0 Å². The third-order valence-electron chi connectivity index (χ3n) is 2.84. The van der Waals surface area contributed by atoms with Gasteiger partial charge < -0.3 is 5.32 Å². The van der Waals surface area contributed by atoms with Crippen molar-refractivity contribution in [3.8, 4) is 0 Å². The van der Waals surface area contributed by atoms with Crippen LogP contribution in [0, 0.1) is 5.82 Å². The topological polar surface area (TPSA) is 49.4 Å². The van der Waals surface area contributed by atoms with Crippen LogP contribution in [0.3, 0.4) is 0 Å². The SMILES string of the molecule is CC1CN(S(=O)(=O)c2cc(Cl)ccc2F)CCN1.Cl. The lowest BCUT2D eigenvalue weighted by Crippen LogP contribution is -2.51. The van der Waals surface area contributed by atoms with E-state index in [4.69, 9.17) is 11.6 Å². The van der Waals surface area contributed by atoms with Gasteiger partial charge in [0.2, 0.25) is 10.0 Å². The number of nitrogens with one attached hydrogen (secondary N) is 1. The molecule has 1 aliphatic rings. The van der Waals surface area contributed by atoms with Gasteiger partial charge in [-0.25, -0.2) is 12.8 Å². The summed E-state index contributed by atoms with van der Waals surface area (Å²) in [6.45, 7) is 3.10. The Kier molecular flexibility index (Phi) is 5.58. The average molecular weight is 329 g/mol. The lowest BCUT2D eigenvalue weighted by Gasteiger charge is -2.31. The molecule has 1 saturated heterocycles. The van der Waals surface area contributed by atoms with E-state index in [-0.39, 0.29) is 28.4 Å². The standard InChI is InChI=1S/C11H14ClFN2O2S.ClH/c1-8-7-15(5-4-14-8)18(16,17)11-6-9(12)2-3-10(11)13;/h2-3,6,8,14H,4-5,7H2,1H3;1H. The first-order valence-corrected chi connectivity index (χ1v) is 7.41. The van der Waals surface area contributed by atoms with Crippen LogP contribution in [0.5, 0.6) is 0 Å². The molecule has 1 aromatic carbocycles. The van der Waals surface area contributed by atoms with Crippen molar-refractivity contribution in [2.75, 3.05) is 19.6 Å². The van der Waals surface area contributed by atoms with Gasteiger partial charge >= 0.3 is 0 Å². The predicted molar refractivity (Wildman–Crippen MR) is 74.9 cm³/mol. The summed E-state index contributed by atoms with van der Waals surface area (Å²) in [5.41, 5.74) is 0. The van der Waals surface area contributed by atoms with Crippen molar-refractivity contribution in [1.82, 2.24) is 9.62 Å². The largest absolute Gasteiger partial charge is 0.312 e. The fourth-order valence-electron chi connectivity index (χ4n) is 1.93. The third-order valence-corrected chi connectivity index (χ3v) is 4.96. The number of benzene rings is 1. The Morgan fingerprint density at radius 1 is 1.47 bits per heavy atom. The highest BCUT2D eigenvalue weighted by molar-refractivity contribution is 7.89. The van der Waals surface area contributed by atoms with Crippen molar-refractivity contribution in [1.29, 1.82) is 0 Å². The molecular formula is C11H15Cl2FN2O2S. The highest BCUT2D eigenvalue weighted by atomic mass is 35.5. The molecule has 1 aromatic rings. The summed E-state index contributed by atoms with van der Waals surface area (Å²) in [6, 6.07) is 3.60. The van der Waals surface area contributed by atoms with Crippen LogP contribution in [0.15, 0.2) is 23.1 Å². The van der Waals surface area contributed by atoms with Crippen molar-refractivity contribution in [3.63, 3.8) is 0 Å². The van der Waals surface area contributed by atoms with Gasteiger partial charge in [0.25, 0.3) is 0 Å². The van der Waals surface area contributed by atoms with Crippen LogP contribution in [-0.4, -0.2) is 38.4 Å². The average Bonchev–Trinajstić information content (AvgIpc) is 2.32. The normalized spacial score (nSPS) is 20.9. The number of nitrogens with zero attached hydrogens (tertiary/aromatic N) is 1. The van der Waals surface area contributed by atoms with Gasteiger partial charge in [0.1, 0.15) is 10.7 Å².